The number of nitrogens with one attached hydrogen (secondary N) is 2. The summed E-state index contributed by atoms with van der Waals surface area (Å²) in [5, 5.41) is 16.3. The standard InChI is InChI=1S/C42H53N4O9P/c1-8-27-22-42(27,39(49)50)45-37(47)34-20-30(23-46(34)38(48)36(41(3,4)5)44-40(51)55-28-11-9-10-12-28)54-35-21-32(26-15-13-25(2)14-16-26)43-33-19-29(17-18-31(33)35)53-24-56(6,7)52/h8,13-19,21,27-28,30,34,36H,1,9-12,20,22-24H2,2-7H3,(H,44,51)(H,45,47)(H,49,50). The topological polar surface area (TPSA) is 173 Å². The van der Waals surface area contributed by atoms with E-state index in [0.29, 0.717) is 28.1 Å². The van der Waals surface area contributed by atoms with Crippen molar-refractivity contribution in [3.8, 4) is 22.8 Å². The number of aryl methyl sites for hydroxylation is 1. The molecule has 300 valence electrons. The van der Waals surface area contributed by atoms with Crippen LogP contribution in [0.15, 0.2) is 61.2 Å². The van der Waals surface area contributed by atoms with Crippen molar-refractivity contribution in [2.45, 2.75) is 96.1 Å². The van der Waals surface area contributed by atoms with E-state index >= 15 is 0 Å². The van der Waals surface area contributed by atoms with Crippen molar-refractivity contribution in [2.75, 3.05) is 26.2 Å². The van der Waals surface area contributed by atoms with Gasteiger partial charge < -0.3 is 39.4 Å². The molecule has 6 rings (SSSR count). The van der Waals surface area contributed by atoms with Crippen molar-refractivity contribution >= 4 is 41.9 Å². The van der Waals surface area contributed by atoms with Crippen LogP contribution in [0.5, 0.6) is 11.5 Å². The number of rotatable bonds is 13. The van der Waals surface area contributed by atoms with E-state index in [9.17, 15) is 28.8 Å². The number of likely N-dealkylation sites (tertiary alicyclic amines) is 1. The Morgan fingerprint density at radius 3 is 2.38 bits per heavy atom. The fourth-order valence-electron chi connectivity index (χ4n) is 7.46. The van der Waals surface area contributed by atoms with E-state index in [1.807, 2.05) is 58.0 Å². The molecule has 0 spiro atoms. The molecule has 2 aliphatic carbocycles. The van der Waals surface area contributed by atoms with Crippen molar-refractivity contribution < 1.29 is 43.1 Å². The van der Waals surface area contributed by atoms with Crippen LogP contribution in [0.2, 0.25) is 0 Å². The number of nitrogens with zero attached hydrogens (tertiary/aromatic N) is 2. The molecular weight excluding hydrogens is 735 g/mol. The molecule has 5 atom stereocenters. The number of fused-ring (bicyclic) bond motifs is 1. The van der Waals surface area contributed by atoms with Crippen molar-refractivity contribution in [1.82, 2.24) is 20.5 Å². The van der Waals surface area contributed by atoms with Crippen LogP contribution < -0.4 is 20.1 Å². The maximum absolute atomic E-state index is 14.6. The average Bonchev–Trinajstić information content (AvgIpc) is 3.39. The predicted molar refractivity (Wildman–Crippen MR) is 213 cm³/mol. The number of carboxylic acid groups (broad SMARTS) is 1. The lowest BCUT2D eigenvalue weighted by Crippen LogP contribution is -2.59. The maximum Gasteiger partial charge on any atom is 0.408 e. The molecule has 56 heavy (non-hydrogen) atoms. The van der Waals surface area contributed by atoms with Crippen LogP contribution in [-0.2, 0) is 23.7 Å². The number of carboxylic acids is 1. The highest BCUT2D eigenvalue weighted by Gasteiger charge is 2.61. The molecule has 0 bridgehead atoms. The van der Waals surface area contributed by atoms with Gasteiger partial charge in [-0.15, -0.1) is 6.58 Å². The quantitative estimate of drug-likeness (QED) is 0.124. The van der Waals surface area contributed by atoms with E-state index in [-0.39, 0.29) is 31.8 Å². The Kier molecular flexibility index (Phi) is 11.6. The normalized spacial score (nSPS) is 23.0. The molecular formula is C42H53N4O9P. The number of amides is 3. The highest BCUT2D eigenvalue weighted by atomic mass is 31.2. The van der Waals surface area contributed by atoms with E-state index in [2.05, 4.69) is 17.2 Å². The van der Waals surface area contributed by atoms with Crippen molar-refractivity contribution in [1.29, 1.82) is 0 Å². The van der Waals surface area contributed by atoms with Gasteiger partial charge in [-0.1, -0.05) is 56.7 Å². The second kappa shape index (κ2) is 15.9. The van der Waals surface area contributed by atoms with Gasteiger partial charge in [-0.3, -0.25) is 9.59 Å². The number of aromatic nitrogens is 1. The van der Waals surface area contributed by atoms with Crippen molar-refractivity contribution in [3.63, 3.8) is 0 Å². The Morgan fingerprint density at radius 2 is 1.77 bits per heavy atom. The number of alkyl carbamates (subject to hydrolysis) is 1. The van der Waals surface area contributed by atoms with Gasteiger partial charge in [0.05, 0.1) is 17.8 Å². The third-order valence-electron chi connectivity index (χ3n) is 10.8. The van der Waals surface area contributed by atoms with Gasteiger partial charge >= 0.3 is 12.1 Å². The summed E-state index contributed by atoms with van der Waals surface area (Å²) in [7, 11) is -2.46. The Labute approximate surface area is 327 Å². The fourth-order valence-corrected chi connectivity index (χ4v) is 7.92. The largest absolute Gasteiger partial charge is 0.488 e. The summed E-state index contributed by atoms with van der Waals surface area (Å²) in [6, 6.07) is 12.8. The lowest BCUT2D eigenvalue weighted by Gasteiger charge is -2.35. The summed E-state index contributed by atoms with van der Waals surface area (Å²) in [5.74, 6) is -1.85. The van der Waals surface area contributed by atoms with Gasteiger partial charge in [-0.05, 0) is 69.9 Å². The SMILES string of the molecule is C=CC1CC1(NC(=O)C1CC(Oc2cc(-c3ccc(C)cc3)nc3cc(OCP(C)(C)=O)ccc23)CN1C(=O)C(NC(=O)OC1CCCC1)C(C)(C)C)C(=O)O. The molecule has 2 heterocycles. The summed E-state index contributed by atoms with van der Waals surface area (Å²) >= 11 is 0. The van der Waals surface area contributed by atoms with Gasteiger partial charge in [0.1, 0.15) is 54.8 Å². The Bertz CT molecular complexity index is 2050. The van der Waals surface area contributed by atoms with Crippen LogP contribution in [-0.4, -0.2) is 94.9 Å². The molecule has 14 heteroatoms. The second-order valence-electron chi connectivity index (χ2n) is 16.9. The lowest BCUT2D eigenvalue weighted by atomic mass is 9.85. The highest BCUT2D eigenvalue weighted by Crippen LogP contribution is 2.45. The maximum atomic E-state index is 14.6. The first kappa shape index (κ1) is 40.8. The van der Waals surface area contributed by atoms with Crippen LogP contribution in [0, 0.1) is 18.3 Å². The molecule has 3 amide bonds. The minimum Gasteiger partial charge on any atom is -0.488 e. The van der Waals surface area contributed by atoms with Gasteiger partial charge in [0, 0.05) is 35.4 Å². The first-order valence-electron chi connectivity index (χ1n) is 19.2. The number of hydrogen-bond donors (Lipinski definition) is 3. The minimum atomic E-state index is -2.46. The third kappa shape index (κ3) is 9.20. The van der Waals surface area contributed by atoms with Gasteiger partial charge in [-0.25, -0.2) is 14.6 Å². The molecule has 3 aliphatic rings. The summed E-state index contributed by atoms with van der Waals surface area (Å²) in [6.45, 7) is 14.5. The van der Waals surface area contributed by atoms with E-state index in [1.165, 1.54) is 11.0 Å². The summed E-state index contributed by atoms with van der Waals surface area (Å²) in [5.41, 5.74) is 0.785. The predicted octanol–water partition coefficient (Wildman–Crippen LogP) is 6.75. The van der Waals surface area contributed by atoms with Gasteiger partial charge in [0.25, 0.3) is 0 Å². The third-order valence-corrected chi connectivity index (χ3v) is 11.5. The monoisotopic (exact) mass is 788 g/mol. The van der Waals surface area contributed by atoms with Gasteiger partial charge in [0.15, 0.2) is 0 Å². The zero-order valence-electron chi connectivity index (χ0n) is 33.0. The molecule has 1 aromatic heterocycles. The molecule has 5 unspecified atom stereocenters. The second-order valence-corrected chi connectivity index (χ2v) is 20.4. The molecule has 1 saturated heterocycles. The van der Waals surface area contributed by atoms with Gasteiger partial charge in [0.2, 0.25) is 11.8 Å². The van der Waals surface area contributed by atoms with Crippen LogP contribution in [0.1, 0.15) is 64.9 Å². The molecule has 3 N–H and O–H groups in total. The van der Waals surface area contributed by atoms with Crippen molar-refractivity contribution in [3.05, 3.63) is 66.7 Å². The van der Waals surface area contributed by atoms with Crippen LogP contribution >= 0.6 is 7.14 Å². The molecule has 0 radical (unpaired) electrons. The first-order chi connectivity index (χ1) is 26.4. The Balaban J connectivity index is 1.34. The van der Waals surface area contributed by atoms with Crippen LogP contribution in [0.4, 0.5) is 4.79 Å². The Hall–Kier alpha value is -4.90. The molecule has 3 aromatic rings. The number of pyridine rings is 1. The summed E-state index contributed by atoms with van der Waals surface area (Å²) < 4.78 is 30.6. The summed E-state index contributed by atoms with van der Waals surface area (Å²) in [6.07, 6.45) is 3.60. The number of aliphatic carboxylic acids is 1. The number of carbonyl (C=O) groups excluding carboxylic acids is 3. The average molecular weight is 789 g/mol. The molecule has 3 fully saturated rings. The van der Waals surface area contributed by atoms with Crippen LogP contribution in [0.25, 0.3) is 22.2 Å². The zero-order chi connectivity index (χ0) is 40.6. The van der Waals surface area contributed by atoms with Gasteiger partial charge in [-0.2, -0.15) is 0 Å². The number of carbonyl (C=O) groups is 4. The molecule has 1 aliphatic heterocycles. The van der Waals surface area contributed by atoms with E-state index in [0.717, 1.165) is 36.8 Å². The zero-order valence-corrected chi connectivity index (χ0v) is 33.9. The number of ether oxygens (including phenoxy) is 3. The van der Waals surface area contributed by atoms with E-state index < -0.39 is 66.1 Å². The van der Waals surface area contributed by atoms with E-state index in [1.54, 1.807) is 31.5 Å². The smallest absolute Gasteiger partial charge is 0.408 e. The molecule has 13 nitrogen and oxygen atoms in total. The highest BCUT2D eigenvalue weighted by molar-refractivity contribution is 7.62. The Morgan fingerprint density at radius 1 is 1.07 bits per heavy atom. The van der Waals surface area contributed by atoms with E-state index in [4.69, 9.17) is 19.2 Å². The molecule has 2 saturated carbocycles. The molecule has 2 aromatic carbocycles. The minimum absolute atomic E-state index is 0.0268. The van der Waals surface area contributed by atoms with Crippen molar-refractivity contribution in [2.24, 2.45) is 11.3 Å². The summed E-state index contributed by atoms with van der Waals surface area (Å²) in [4.78, 5) is 60.6. The fraction of sp³-hybridized carbons (Fsp3) is 0.500. The van der Waals surface area contributed by atoms with Crippen LogP contribution in [0.3, 0.4) is 0 Å². The number of hydrogen-bond acceptors (Lipinski definition) is 9. The lowest BCUT2D eigenvalue weighted by molar-refractivity contribution is -0.146. The number of benzene rings is 2. The first-order valence-corrected chi connectivity index (χ1v) is 22.0.